The van der Waals surface area contributed by atoms with Crippen molar-refractivity contribution in [2.24, 2.45) is 13.0 Å². The van der Waals surface area contributed by atoms with Crippen molar-refractivity contribution < 1.29 is 35.9 Å². The number of fused-ring (bicyclic) bond motifs is 1. The van der Waals surface area contributed by atoms with Crippen LogP contribution in [0.4, 0.5) is 30.5 Å². The quantitative estimate of drug-likeness (QED) is 0.212. The molecule has 46 heavy (non-hydrogen) atoms. The number of carbonyl (C=O) groups is 1. The molecule has 0 atom stereocenters. The number of anilines is 3. The average Bonchev–Trinajstić information content (AvgIpc) is 3.83. The normalized spacial score (nSPS) is 13.3. The lowest BCUT2D eigenvalue weighted by atomic mass is 10.0. The number of halogens is 3. The molecule has 1 amide bonds. The number of carbonyl (C=O) groups excluding carboxylic acids is 1. The van der Waals surface area contributed by atoms with Gasteiger partial charge in [0.1, 0.15) is 28.7 Å². The van der Waals surface area contributed by atoms with Crippen LogP contribution in [0.2, 0.25) is 0 Å². The summed E-state index contributed by atoms with van der Waals surface area (Å²) in [5, 5.41) is 0. The number of aromatic nitrogens is 3. The van der Waals surface area contributed by atoms with Gasteiger partial charge in [-0.25, -0.2) is 27.5 Å². The molecular formula is C31H35F3N6O5S. The Hall–Kier alpha value is -4.37. The predicted octanol–water partition coefficient (Wildman–Crippen LogP) is 5.04. The summed E-state index contributed by atoms with van der Waals surface area (Å²) >= 11 is 0. The van der Waals surface area contributed by atoms with E-state index in [1.807, 2.05) is 6.07 Å². The Morgan fingerprint density at radius 3 is 2.50 bits per heavy atom. The van der Waals surface area contributed by atoms with Crippen LogP contribution >= 0.6 is 0 Å². The molecule has 15 heteroatoms. The third-order valence-corrected chi connectivity index (χ3v) is 8.94. The number of pyridine rings is 1. The van der Waals surface area contributed by atoms with Crippen molar-refractivity contribution in [3.05, 3.63) is 65.2 Å². The van der Waals surface area contributed by atoms with Gasteiger partial charge >= 0.3 is 5.76 Å². The Balaban J connectivity index is 1.58. The highest BCUT2D eigenvalue weighted by molar-refractivity contribution is 7.89. The number of hydrogen-bond donors (Lipinski definition) is 1. The third-order valence-electron chi connectivity index (χ3n) is 7.93. The van der Waals surface area contributed by atoms with Crippen molar-refractivity contribution in [1.82, 2.24) is 19.3 Å². The number of methoxy groups -OCH3 is 2. The van der Waals surface area contributed by atoms with Crippen molar-refractivity contribution in [3.63, 3.8) is 0 Å². The SMILES string of the molecule is CCc1cc(CNS(=O)(=O)C(F)F)cc(F)c1N(C)c1cc2c(ncn2C)c(N(Cc2ccc(OC)cc2OC)C(=O)C2CC2)n1. The summed E-state index contributed by atoms with van der Waals surface area (Å²) in [7, 11) is 1.67. The minimum atomic E-state index is -4.85. The number of benzene rings is 2. The van der Waals surface area contributed by atoms with Crippen LogP contribution in [0.5, 0.6) is 11.5 Å². The maximum absolute atomic E-state index is 15.8. The van der Waals surface area contributed by atoms with Crippen molar-refractivity contribution in [2.45, 2.75) is 45.0 Å². The Kier molecular flexibility index (Phi) is 9.44. The average molecular weight is 661 g/mol. The van der Waals surface area contributed by atoms with E-state index in [9.17, 15) is 22.0 Å². The first kappa shape index (κ1) is 33.0. The molecule has 2 heterocycles. The van der Waals surface area contributed by atoms with E-state index in [2.05, 4.69) is 4.98 Å². The lowest BCUT2D eigenvalue weighted by Gasteiger charge is -2.27. The van der Waals surface area contributed by atoms with Gasteiger partial charge < -0.3 is 18.9 Å². The first-order valence-corrected chi connectivity index (χ1v) is 16.1. The van der Waals surface area contributed by atoms with Gasteiger partial charge in [-0.1, -0.05) is 13.0 Å². The highest BCUT2D eigenvalue weighted by Gasteiger charge is 2.36. The van der Waals surface area contributed by atoms with Gasteiger partial charge in [0.2, 0.25) is 5.91 Å². The summed E-state index contributed by atoms with van der Waals surface area (Å²) < 4.78 is 79.0. The van der Waals surface area contributed by atoms with E-state index in [0.29, 0.717) is 46.2 Å². The van der Waals surface area contributed by atoms with Crippen LogP contribution in [-0.4, -0.2) is 55.9 Å². The zero-order chi connectivity index (χ0) is 33.3. The molecule has 0 saturated heterocycles. The molecule has 0 bridgehead atoms. The second-order valence-electron chi connectivity index (χ2n) is 11.0. The molecule has 2 aromatic heterocycles. The van der Waals surface area contributed by atoms with Gasteiger partial charge in [-0.15, -0.1) is 0 Å². The van der Waals surface area contributed by atoms with Crippen LogP contribution in [0.25, 0.3) is 11.0 Å². The molecule has 2 aromatic carbocycles. The molecule has 0 aliphatic heterocycles. The molecule has 4 aromatic rings. The third kappa shape index (κ3) is 6.60. The molecular weight excluding hydrogens is 625 g/mol. The fourth-order valence-corrected chi connectivity index (χ4v) is 5.74. The first-order chi connectivity index (χ1) is 21.9. The predicted molar refractivity (Wildman–Crippen MR) is 168 cm³/mol. The second-order valence-corrected chi connectivity index (χ2v) is 12.8. The largest absolute Gasteiger partial charge is 0.497 e. The molecule has 0 radical (unpaired) electrons. The summed E-state index contributed by atoms with van der Waals surface area (Å²) in [6, 6.07) is 9.74. The fourth-order valence-electron chi connectivity index (χ4n) is 5.25. The highest BCUT2D eigenvalue weighted by Crippen LogP contribution is 2.39. The van der Waals surface area contributed by atoms with Gasteiger partial charge in [0.25, 0.3) is 10.0 Å². The van der Waals surface area contributed by atoms with E-state index < -0.39 is 28.1 Å². The van der Waals surface area contributed by atoms with Crippen molar-refractivity contribution in [3.8, 4) is 11.5 Å². The summed E-state index contributed by atoms with van der Waals surface area (Å²) in [4.78, 5) is 26.4. The van der Waals surface area contributed by atoms with Crippen LogP contribution in [0.1, 0.15) is 36.5 Å². The van der Waals surface area contributed by atoms with Gasteiger partial charge in [-0.2, -0.15) is 8.78 Å². The van der Waals surface area contributed by atoms with E-state index in [1.165, 1.54) is 7.11 Å². The van der Waals surface area contributed by atoms with Crippen molar-refractivity contribution in [2.75, 3.05) is 31.1 Å². The Bertz CT molecular complexity index is 1880. The smallest absolute Gasteiger partial charge is 0.350 e. The standard InChI is InChI=1S/C31H35F3N6O5S/c1-6-19-11-18(15-36-46(42,43)31(33)34)12-23(32)28(19)39(3)26-14-24-27(35-17-38(24)2)29(37-26)40(30(41)20-7-8-20)16-21-9-10-22(44-4)13-25(21)45-5/h9-14,17,20,31,36H,6-8,15-16H2,1-5H3. The summed E-state index contributed by atoms with van der Waals surface area (Å²) in [6.07, 6.45) is 3.47. The minimum Gasteiger partial charge on any atom is -0.497 e. The molecule has 5 rings (SSSR count). The molecule has 11 nitrogen and oxygen atoms in total. The lowest BCUT2D eigenvalue weighted by molar-refractivity contribution is -0.119. The zero-order valence-corrected chi connectivity index (χ0v) is 26.9. The summed E-state index contributed by atoms with van der Waals surface area (Å²) in [5.41, 5.74) is 2.70. The molecule has 1 fully saturated rings. The van der Waals surface area contributed by atoms with Crippen LogP contribution in [-0.2, 0) is 41.4 Å². The number of amides is 1. The Morgan fingerprint density at radius 1 is 1.13 bits per heavy atom. The molecule has 1 aliphatic rings. The highest BCUT2D eigenvalue weighted by atomic mass is 32.2. The number of nitrogens with one attached hydrogen (secondary N) is 1. The number of nitrogens with zero attached hydrogens (tertiary/aromatic N) is 5. The number of hydrogen-bond acceptors (Lipinski definition) is 8. The van der Waals surface area contributed by atoms with Crippen LogP contribution in [0.3, 0.4) is 0 Å². The van der Waals surface area contributed by atoms with E-state index >= 15 is 4.39 Å². The maximum atomic E-state index is 15.8. The van der Waals surface area contributed by atoms with Crippen LogP contribution < -0.4 is 24.0 Å². The molecule has 1 N–H and O–H groups in total. The van der Waals surface area contributed by atoms with E-state index in [-0.39, 0.29) is 29.6 Å². The second kappa shape index (κ2) is 13.2. The lowest BCUT2D eigenvalue weighted by Crippen LogP contribution is -2.33. The number of ether oxygens (including phenoxy) is 2. The zero-order valence-electron chi connectivity index (χ0n) is 26.1. The summed E-state index contributed by atoms with van der Waals surface area (Å²) in [6.45, 7) is 1.42. The van der Waals surface area contributed by atoms with Gasteiger partial charge in [-0.3, -0.25) is 9.69 Å². The van der Waals surface area contributed by atoms with Crippen LogP contribution in [0.15, 0.2) is 42.7 Å². The number of alkyl halides is 2. The summed E-state index contributed by atoms with van der Waals surface area (Å²) in [5.74, 6) is -2.83. The van der Waals surface area contributed by atoms with E-state index in [1.54, 1.807) is 77.8 Å². The molecule has 246 valence electrons. The van der Waals surface area contributed by atoms with Gasteiger partial charge in [0.15, 0.2) is 5.82 Å². The van der Waals surface area contributed by atoms with Crippen molar-refractivity contribution in [1.29, 1.82) is 0 Å². The van der Waals surface area contributed by atoms with Gasteiger partial charge in [-0.05, 0) is 48.6 Å². The van der Waals surface area contributed by atoms with Crippen LogP contribution in [0, 0.1) is 11.7 Å². The number of imidazole rings is 1. The number of aryl methyl sites for hydroxylation is 2. The van der Waals surface area contributed by atoms with E-state index in [0.717, 1.165) is 24.5 Å². The first-order valence-electron chi connectivity index (χ1n) is 14.5. The molecule has 0 spiro atoms. The molecule has 0 unspecified atom stereocenters. The topological polar surface area (TPSA) is 119 Å². The Labute approximate surface area is 265 Å². The number of sulfonamides is 1. The van der Waals surface area contributed by atoms with Gasteiger partial charge in [0.05, 0.1) is 38.3 Å². The van der Waals surface area contributed by atoms with E-state index in [4.69, 9.17) is 14.5 Å². The monoisotopic (exact) mass is 660 g/mol. The molecule has 1 saturated carbocycles. The van der Waals surface area contributed by atoms with Crippen molar-refractivity contribution >= 4 is 44.3 Å². The fraction of sp³-hybridized carbons (Fsp3) is 0.387. The maximum Gasteiger partial charge on any atom is 0.350 e. The number of rotatable bonds is 13. The van der Waals surface area contributed by atoms with Gasteiger partial charge in [0, 0.05) is 44.3 Å². The molecule has 1 aliphatic carbocycles. The Morgan fingerprint density at radius 2 is 1.87 bits per heavy atom. The minimum absolute atomic E-state index is 0.117.